The molecule has 0 amide bonds. The van der Waals surface area contributed by atoms with Crippen LogP contribution in [0.1, 0.15) is 101 Å². The number of aliphatic hydroxyl groups is 1. The predicted molar refractivity (Wildman–Crippen MR) is 220 cm³/mol. The van der Waals surface area contributed by atoms with Gasteiger partial charge in [0.2, 0.25) is 0 Å². The molecule has 3 unspecified atom stereocenters. The summed E-state index contributed by atoms with van der Waals surface area (Å²) in [6, 6.07) is 17.9. The van der Waals surface area contributed by atoms with E-state index in [0.29, 0.717) is 26.2 Å². The summed E-state index contributed by atoms with van der Waals surface area (Å²) in [5, 5.41) is 11.0. The summed E-state index contributed by atoms with van der Waals surface area (Å²) in [7, 11) is 0. The fourth-order valence-corrected chi connectivity index (χ4v) is 7.73. The quantitative estimate of drug-likeness (QED) is 0.108. The highest BCUT2D eigenvalue weighted by Crippen LogP contribution is 2.40. The number of hydrogen-bond donors (Lipinski definition) is 1. The lowest BCUT2D eigenvalue weighted by Crippen LogP contribution is -2.22. The molecule has 0 radical (unpaired) electrons. The highest BCUT2D eigenvalue weighted by atomic mass is 16.6. The molecule has 1 N–H and O–H groups in total. The number of rotatable bonds is 17. The number of aliphatic hydroxyl groups excluding tert-OH is 1. The molecule has 0 spiro atoms. The normalized spacial score (nSPS) is 17.2. The van der Waals surface area contributed by atoms with Crippen LogP contribution in [0.15, 0.2) is 48.5 Å². The van der Waals surface area contributed by atoms with Crippen LogP contribution in [0.3, 0.4) is 0 Å². The van der Waals surface area contributed by atoms with Gasteiger partial charge in [0.25, 0.3) is 0 Å². The van der Waals surface area contributed by atoms with E-state index in [2.05, 4.69) is 132 Å². The van der Waals surface area contributed by atoms with E-state index >= 15 is 0 Å². The fraction of sp³-hybridized carbons (Fsp3) is 0.500. The van der Waals surface area contributed by atoms with Crippen molar-refractivity contribution in [3.63, 3.8) is 0 Å². The topological polar surface area (TPSA) is 82.2 Å². The second kappa shape index (κ2) is 16.2. The van der Waals surface area contributed by atoms with Crippen LogP contribution < -0.4 is 18.9 Å². The van der Waals surface area contributed by atoms with Gasteiger partial charge in [-0.15, -0.1) is 0 Å². The Balaban J connectivity index is 1.04. The maximum Gasteiger partial charge on any atom is 0.125 e. The highest BCUT2D eigenvalue weighted by Gasteiger charge is 2.30. The summed E-state index contributed by atoms with van der Waals surface area (Å²) in [5.41, 5.74) is 13.3. The Morgan fingerprint density at radius 2 is 0.782 bits per heavy atom. The Morgan fingerprint density at radius 1 is 0.509 bits per heavy atom. The van der Waals surface area contributed by atoms with Gasteiger partial charge in [-0.3, -0.25) is 0 Å². The third kappa shape index (κ3) is 9.33. The van der Waals surface area contributed by atoms with Crippen LogP contribution in [-0.4, -0.2) is 63.1 Å². The fourth-order valence-electron chi connectivity index (χ4n) is 7.73. The van der Waals surface area contributed by atoms with E-state index in [9.17, 15) is 5.11 Å². The SMILES string of the molecule is Cc1cc(C(C)(C)c2cc(C)c(OCC3CO3)c(C)c2)cc(C)c1OCCC(O)COc1c(C)cc(C(C)(C)c2cc(C)c(OCC3CO3)c(C)c2)cc1C. The van der Waals surface area contributed by atoms with E-state index in [1.165, 1.54) is 22.3 Å². The summed E-state index contributed by atoms with van der Waals surface area (Å²) < 4.78 is 35.4. The lowest BCUT2D eigenvalue weighted by molar-refractivity contribution is 0.0849. The van der Waals surface area contributed by atoms with Crippen molar-refractivity contribution in [3.8, 4) is 23.0 Å². The lowest BCUT2D eigenvalue weighted by atomic mass is 9.76. The van der Waals surface area contributed by atoms with Crippen LogP contribution in [0.25, 0.3) is 0 Å². The summed E-state index contributed by atoms with van der Waals surface area (Å²) in [4.78, 5) is 0. The van der Waals surface area contributed by atoms with Gasteiger partial charge in [-0.25, -0.2) is 0 Å². The number of hydrogen-bond acceptors (Lipinski definition) is 7. The molecule has 4 aromatic carbocycles. The van der Waals surface area contributed by atoms with Crippen molar-refractivity contribution >= 4 is 0 Å². The van der Waals surface area contributed by atoms with Crippen LogP contribution in [-0.2, 0) is 20.3 Å². The molecule has 55 heavy (non-hydrogen) atoms. The molecule has 0 saturated carbocycles. The van der Waals surface area contributed by atoms with Gasteiger partial charge in [-0.05, 0) is 122 Å². The minimum absolute atomic E-state index is 0.196. The molecular weight excluding hydrogens is 689 g/mol. The third-order valence-electron chi connectivity index (χ3n) is 11.5. The summed E-state index contributed by atoms with van der Waals surface area (Å²) in [5.74, 6) is 3.60. The van der Waals surface area contributed by atoms with E-state index in [1.807, 2.05) is 0 Å². The Morgan fingerprint density at radius 3 is 1.07 bits per heavy atom. The van der Waals surface area contributed by atoms with Gasteiger partial charge in [0.05, 0.1) is 25.9 Å². The maximum absolute atomic E-state index is 11.0. The first-order valence-corrected chi connectivity index (χ1v) is 19.8. The monoisotopic (exact) mass is 750 g/mol. The Kier molecular flexibility index (Phi) is 12.0. The van der Waals surface area contributed by atoms with E-state index in [0.717, 1.165) is 80.7 Å². The Bertz CT molecular complexity index is 1920. The van der Waals surface area contributed by atoms with E-state index < -0.39 is 6.10 Å². The molecule has 7 heteroatoms. The van der Waals surface area contributed by atoms with E-state index in [1.54, 1.807) is 0 Å². The molecule has 7 nitrogen and oxygen atoms in total. The first-order chi connectivity index (χ1) is 25.9. The van der Waals surface area contributed by atoms with Crippen molar-refractivity contribution in [1.29, 1.82) is 0 Å². The third-order valence-corrected chi connectivity index (χ3v) is 11.5. The van der Waals surface area contributed by atoms with Crippen LogP contribution in [0, 0.1) is 55.4 Å². The predicted octanol–water partition coefficient (Wildman–Crippen LogP) is 9.57. The van der Waals surface area contributed by atoms with Gasteiger partial charge in [-0.2, -0.15) is 0 Å². The van der Waals surface area contributed by atoms with Gasteiger partial charge < -0.3 is 33.5 Å². The zero-order valence-corrected chi connectivity index (χ0v) is 35.2. The van der Waals surface area contributed by atoms with E-state index in [4.69, 9.17) is 28.4 Å². The van der Waals surface area contributed by atoms with Gasteiger partial charge >= 0.3 is 0 Å². The van der Waals surface area contributed by atoms with Crippen molar-refractivity contribution in [3.05, 3.63) is 115 Å². The zero-order valence-electron chi connectivity index (χ0n) is 35.2. The molecule has 2 saturated heterocycles. The average molecular weight is 751 g/mol. The van der Waals surface area contributed by atoms with Gasteiger partial charge in [-0.1, -0.05) is 76.2 Å². The lowest BCUT2D eigenvalue weighted by Gasteiger charge is -2.29. The molecule has 4 aromatic rings. The largest absolute Gasteiger partial charge is 0.493 e. The minimum Gasteiger partial charge on any atom is -0.493 e. The molecule has 2 fully saturated rings. The molecule has 6 rings (SSSR count). The molecule has 3 atom stereocenters. The van der Waals surface area contributed by atoms with Crippen molar-refractivity contribution in [2.45, 2.75) is 119 Å². The van der Waals surface area contributed by atoms with Crippen molar-refractivity contribution in [1.82, 2.24) is 0 Å². The number of benzene rings is 4. The highest BCUT2D eigenvalue weighted by molar-refractivity contribution is 5.54. The second-order valence-corrected chi connectivity index (χ2v) is 17.1. The molecule has 0 aliphatic carbocycles. The van der Waals surface area contributed by atoms with Crippen LogP contribution in [0.5, 0.6) is 23.0 Å². The number of aryl methyl sites for hydroxylation is 8. The molecule has 2 aliphatic heterocycles. The summed E-state index contributed by atoms with van der Waals surface area (Å²) in [6.07, 6.45) is 0.251. The molecule has 0 bridgehead atoms. The first kappa shape index (κ1) is 40.6. The number of ether oxygens (including phenoxy) is 6. The molecular formula is C48H62O7. The zero-order chi connectivity index (χ0) is 39.8. The first-order valence-electron chi connectivity index (χ1n) is 19.8. The van der Waals surface area contributed by atoms with Gasteiger partial charge in [0, 0.05) is 17.3 Å². The molecule has 296 valence electrons. The van der Waals surface area contributed by atoms with Crippen LogP contribution in [0.4, 0.5) is 0 Å². The van der Waals surface area contributed by atoms with Crippen molar-refractivity contribution in [2.75, 3.05) is 39.6 Å². The molecule has 2 aliphatic rings. The maximum atomic E-state index is 11.0. The standard InChI is InChI=1S/C48H62O7/c1-28-15-36(47(9,10)38-19-32(5)45(33(6)20-38)54-26-41-24-51-41)16-29(2)43(28)50-14-13-40(49)23-53-44-30(3)17-37(18-31(44)4)48(11,12)39-21-34(7)46(35(8)22-39)55-27-42-25-52-42/h15-22,40-42,49H,13-14,23-27H2,1-12H3. The van der Waals surface area contributed by atoms with E-state index in [-0.39, 0.29) is 29.6 Å². The molecule has 2 heterocycles. The minimum atomic E-state index is -0.665. The van der Waals surface area contributed by atoms with Crippen molar-refractivity contribution in [2.24, 2.45) is 0 Å². The molecule has 0 aromatic heterocycles. The Labute approximate surface area is 329 Å². The summed E-state index contributed by atoms with van der Waals surface area (Å²) >= 11 is 0. The van der Waals surface area contributed by atoms with Gasteiger partial charge in [0.1, 0.15) is 55.0 Å². The van der Waals surface area contributed by atoms with Gasteiger partial charge in [0.15, 0.2) is 0 Å². The van der Waals surface area contributed by atoms with Crippen LogP contribution >= 0.6 is 0 Å². The Hall–Kier alpha value is -4.04. The van der Waals surface area contributed by atoms with Crippen molar-refractivity contribution < 1.29 is 33.5 Å². The second-order valence-electron chi connectivity index (χ2n) is 17.1. The van der Waals surface area contributed by atoms with Crippen LogP contribution in [0.2, 0.25) is 0 Å². The number of epoxide rings is 2. The smallest absolute Gasteiger partial charge is 0.125 e. The summed E-state index contributed by atoms with van der Waals surface area (Å²) in [6.45, 7) is 29.3. The average Bonchev–Trinajstić information content (AvgIpc) is 4.04.